The highest BCUT2D eigenvalue weighted by Crippen LogP contribution is 2.33. The number of nitrogens with zero attached hydrogens (tertiary/aromatic N) is 3. The second-order valence-electron chi connectivity index (χ2n) is 5.23. The number of hydrogen-bond donors (Lipinski definition) is 0. The van der Waals surface area contributed by atoms with Gasteiger partial charge in [-0.05, 0) is 37.6 Å². The molecule has 0 atom stereocenters. The summed E-state index contributed by atoms with van der Waals surface area (Å²) in [7, 11) is 1.56. The number of ether oxygens (including phenoxy) is 1. The van der Waals surface area contributed by atoms with Gasteiger partial charge in [0.15, 0.2) is 11.3 Å². The summed E-state index contributed by atoms with van der Waals surface area (Å²) in [4.78, 5) is 7.81. The maximum atomic E-state index is 12.9. The van der Waals surface area contributed by atoms with Gasteiger partial charge in [0.1, 0.15) is 5.75 Å². The van der Waals surface area contributed by atoms with Crippen LogP contribution in [0.5, 0.6) is 5.75 Å². The average Bonchev–Trinajstić information content (AvgIpc) is 2.92. The molecule has 0 spiro atoms. The van der Waals surface area contributed by atoms with Crippen LogP contribution >= 0.6 is 0 Å². The predicted molar refractivity (Wildman–Crippen MR) is 79.5 cm³/mol. The Hall–Kier alpha value is -2.57. The van der Waals surface area contributed by atoms with E-state index in [2.05, 4.69) is 9.97 Å². The maximum absolute atomic E-state index is 12.9. The van der Waals surface area contributed by atoms with Crippen LogP contribution in [-0.2, 0) is 6.18 Å². The standard InChI is InChI=1S/C16H14F3N3O/c1-9-6-11(23-3)4-5-12(9)15-10(2)20-7-14-21-13(8-22(14)15)16(17,18)19/h4-8H,1-3H3. The van der Waals surface area contributed by atoms with Crippen LogP contribution in [0.25, 0.3) is 16.9 Å². The number of fused-ring (bicyclic) bond motifs is 1. The summed E-state index contributed by atoms with van der Waals surface area (Å²) in [5.41, 5.74) is 2.10. The number of imidazole rings is 1. The second-order valence-corrected chi connectivity index (χ2v) is 5.23. The SMILES string of the molecule is COc1ccc(-c2c(C)ncc3nc(C(F)(F)F)cn23)c(C)c1. The summed E-state index contributed by atoms with van der Waals surface area (Å²) >= 11 is 0. The lowest BCUT2D eigenvalue weighted by Gasteiger charge is -2.12. The number of halogens is 3. The molecule has 2 heterocycles. The number of aryl methyl sites for hydroxylation is 2. The van der Waals surface area contributed by atoms with Gasteiger partial charge in [-0.15, -0.1) is 0 Å². The molecular formula is C16H14F3N3O. The van der Waals surface area contributed by atoms with Gasteiger partial charge >= 0.3 is 6.18 Å². The van der Waals surface area contributed by atoms with E-state index in [1.807, 2.05) is 19.1 Å². The van der Waals surface area contributed by atoms with Crippen LogP contribution in [0, 0.1) is 13.8 Å². The minimum absolute atomic E-state index is 0.160. The molecule has 7 heteroatoms. The number of methoxy groups -OCH3 is 1. The first kappa shape index (κ1) is 15.3. The molecule has 4 nitrogen and oxygen atoms in total. The summed E-state index contributed by atoms with van der Waals surface area (Å²) in [5.74, 6) is 0.686. The summed E-state index contributed by atoms with van der Waals surface area (Å²) < 4.78 is 45.4. The molecule has 3 rings (SSSR count). The lowest BCUT2D eigenvalue weighted by atomic mass is 10.0. The Morgan fingerprint density at radius 2 is 1.91 bits per heavy atom. The van der Waals surface area contributed by atoms with E-state index >= 15 is 0 Å². The first-order valence-corrected chi connectivity index (χ1v) is 6.88. The van der Waals surface area contributed by atoms with Crippen molar-refractivity contribution in [2.45, 2.75) is 20.0 Å². The smallest absolute Gasteiger partial charge is 0.434 e. The Balaban J connectivity index is 2.28. The number of aromatic nitrogens is 3. The van der Waals surface area contributed by atoms with Crippen molar-refractivity contribution in [1.82, 2.24) is 14.4 Å². The number of alkyl halides is 3. The molecule has 0 amide bonds. The van der Waals surface area contributed by atoms with Gasteiger partial charge in [-0.3, -0.25) is 9.38 Å². The van der Waals surface area contributed by atoms with E-state index in [0.717, 1.165) is 17.3 Å². The van der Waals surface area contributed by atoms with E-state index < -0.39 is 11.9 Å². The Kier molecular flexibility index (Phi) is 3.50. The van der Waals surface area contributed by atoms with Gasteiger partial charge in [-0.25, -0.2) is 4.98 Å². The van der Waals surface area contributed by atoms with Crippen molar-refractivity contribution in [2.75, 3.05) is 7.11 Å². The summed E-state index contributed by atoms with van der Waals surface area (Å²) in [6, 6.07) is 5.41. The zero-order valence-corrected chi connectivity index (χ0v) is 12.8. The third-order valence-corrected chi connectivity index (χ3v) is 3.67. The normalized spacial score (nSPS) is 11.9. The van der Waals surface area contributed by atoms with Crippen LogP contribution in [-0.4, -0.2) is 21.5 Å². The predicted octanol–water partition coefficient (Wildman–Crippen LogP) is 4.04. The van der Waals surface area contributed by atoms with Crippen LogP contribution in [0.3, 0.4) is 0 Å². The molecule has 0 saturated carbocycles. The number of rotatable bonds is 2. The van der Waals surface area contributed by atoms with Gasteiger partial charge in [-0.2, -0.15) is 13.2 Å². The van der Waals surface area contributed by atoms with Crippen LogP contribution in [0.1, 0.15) is 17.0 Å². The molecule has 0 fully saturated rings. The maximum Gasteiger partial charge on any atom is 0.434 e. The van der Waals surface area contributed by atoms with E-state index in [4.69, 9.17) is 4.74 Å². The molecule has 0 N–H and O–H groups in total. The zero-order valence-electron chi connectivity index (χ0n) is 12.8. The van der Waals surface area contributed by atoms with Gasteiger partial charge in [0.25, 0.3) is 0 Å². The van der Waals surface area contributed by atoms with Crippen LogP contribution in [0.4, 0.5) is 13.2 Å². The minimum atomic E-state index is -4.49. The monoisotopic (exact) mass is 321 g/mol. The second kappa shape index (κ2) is 5.26. The Morgan fingerprint density at radius 3 is 2.52 bits per heavy atom. The summed E-state index contributed by atoms with van der Waals surface area (Å²) in [6.07, 6.45) is -2.15. The Labute approximate surface area is 130 Å². The molecule has 2 aromatic heterocycles. The molecule has 0 saturated heterocycles. The fourth-order valence-electron chi connectivity index (χ4n) is 2.54. The Morgan fingerprint density at radius 1 is 1.17 bits per heavy atom. The van der Waals surface area contributed by atoms with E-state index in [9.17, 15) is 13.2 Å². The molecule has 3 aromatic rings. The van der Waals surface area contributed by atoms with Gasteiger partial charge in [0.2, 0.25) is 0 Å². The average molecular weight is 321 g/mol. The third-order valence-electron chi connectivity index (χ3n) is 3.67. The lowest BCUT2D eigenvalue weighted by molar-refractivity contribution is -0.140. The molecule has 0 radical (unpaired) electrons. The highest BCUT2D eigenvalue weighted by molar-refractivity contribution is 5.69. The molecule has 0 bridgehead atoms. The third kappa shape index (κ3) is 2.62. The number of benzene rings is 1. The van der Waals surface area contributed by atoms with E-state index in [-0.39, 0.29) is 5.65 Å². The summed E-state index contributed by atoms with van der Waals surface area (Å²) in [6.45, 7) is 3.63. The van der Waals surface area contributed by atoms with Crippen molar-refractivity contribution in [3.63, 3.8) is 0 Å². The molecule has 0 aliphatic rings. The highest BCUT2D eigenvalue weighted by Gasteiger charge is 2.34. The van der Waals surface area contributed by atoms with Gasteiger partial charge in [-0.1, -0.05) is 0 Å². The fourth-order valence-corrected chi connectivity index (χ4v) is 2.54. The van der Waals surface area contributed by atoms with Gasteiger partial charge in [0.05, 0.1) is 24.7 Å². The minimum Gasteiger partial charge on any atom is -0.497 e. The molecule has 0 aliphatic carbocycles. The number of hydrogen-bond acceptors (Lipinski definition) is 3. The van der Waals surface area contributed by atoms with E-state index in [1.165, 1.54) is 10.6 Å². The van der Waals surface area contributed by atoms with Gasteiger partial charge < -0.3 is 4.74 Å². The van der Waals surface area contributed by atoms with Crippen molar-refractivity contribution in [3.8, 4) is 17.0 Å². The van der Waals surface area contributed by atoms with Crippen LogP contribution in [0.2, 0.25) is 0 Å². The van der Waals surface area contributed by atoms with Crippen LogP contribution < -0.4 is 4.74 Å². The molecule has 0 aliphatic heterocycles. The molecular weight excluding hydrogens is 307 g/mol. The van der Waals surface area contributed by atoms with Gasteiger partial charge in [0, 0.05) is 11.8 Å². The molecule has 23 heavy (non-hydrogen) atoms. The molecule has 120 valence electrons. The van der Waals surface area contributed by atoms with Crippen molar-refractivity contribution in [1.29, 1.82) is 0 Å². The lowest BCUT2D eigenvalue weighted by Crippen LogP contribution is -2.04. The first-order chi connectivity index (χ1) is 10.8. The van der Waals surface area contributed by atoms with Crippen molar-refractivity contribution in [2.24, 2.45) is 0 Å². The van der Waals surface area contributed by atoms with Crippen LogP contribution in [0.15, 0.2) is 30.6 Å². The van der Waals surface area contributed by atoms with Crippen molar-refractivity contribution < 1.29 is 17.9 Å². The first-order valence-electron chi connectivity index (χ1n) is 6.88. The van der Waals surface area contributed by atoms with E-state index in [0.29, 0.717) is 17.1 Å². The van der Waals surface area contributed by atoms with Crippen molar-refractivity contribution in [3.05, 3.63) is 47.5 Å². The summed E-state index contributed by atoms with van der Waals surface area (Å²) in [5, 5.41) is 0. The molecule has 1 aromatic carbocycles. The topological polar surface area (TPSA) is 39.4 Å². The van der Waals surface area contributed by atoms with Crippen molar-refractivity contribution >= 4 is 5.65 Å². The largest absolute Gasteiger partial charge is 0.497 e. The zero-order chi connectivity index (χ0) is 16.8. The quantitative estimate of drug-likeness (QED) is 0.715. The molecule has 0 unspecified atom stereocenters. The van der Waals surface area contributed by atoms with E-state index in [1.54, 1.807) is 20.1 Å². The Bertz CT molecular complexity index is 884. The highest BCUT2D eigenvalue weighted by atomic mass is 19.4. The fraction of sp³-hybridized carbons (Fsp3) is 0.250.